The molecule has 0 radical (unpaired) electrons. The van der Waals surface area contributed by atoms with Gasteiger partial charge in [-0.3, -0.25) is 9.97 Å². The molecule has 0 saturated carbocycles. The second kappa shape index (κ2) is 9.05. The Morgan fingerprint density at radius 1 is 0.969 bits per heavy atom. The zero-order chi connectivity index (χ0) is 22.2. The molecule has 4 rings (SSSR count). The molecule has 4 heterocycles. The van der Waals surface area contributed by atoms with Crippen LogP contribution in [-0.2, 0) is 26.5 Å². The van der Waals surface area contributed by atoms with Gasteiger partial charge in [-0.15, -0.1) is 6.07 Å². The van der Waals surface area contributed by atoms with Crippen molar-refractivity contribution in [1.29, 1.82) is 5.26 Å². The summed E-state index contributed by atoms with van der Waals surface area (Å²) in [6, 6.07) is 15.3. The first-order valence-corrected chi connectivity index (χ1v) is 9.22. The number of aromatic nitrogens is 4. The fraction of sp³-hybridized carbons (Fsp3) is 0.130. The number of nitriles is 1. The van der Waals surface area contributed by atoms with E-state index in [4.69, 9.17) is 5.26 Å². The molecule has 0 saturated heterocycles. The van der Waals surface area contributed by atoms with Crippen molar-refractivity contribution in [2.24, 2.45) is 0 Å². The van der Waals surface area contributed by atoms with Crippen molar-refractivity contribution in [3.8, 4) is 28.7 Å². The van der Waals surface area contributed by atoms with Crippen LogP contribution in [0.15, 0.2) is 48.7 Å². The number of hydrogen-bond acceptors (Lipinski definition) is 4. The molecule has 0 bridgehead atoms. The number of nitrogens with zero attached hydrogens (tertiary/aromatic N) is 5. The first kappa shape index (κ1) is 23.4. The van der Waals surface area contributed by atoms with Crippen LogP contribution in [0.2, 0.25) is 0 Å². The molecule has 0 spiro atoms. The predicted octanol–water partition coefficient (Wildman–Crippen LogP) is 4.58. The summed E-state index contributed by atoms with van der Waals surface area (Å²) in [6.45, 7) is 3.73. The molecule has 0 atom stereocenters. The summed E-state index contributed by atoms with van der Waals surface area (Å²) in [6.07, 6.45) is 1.16. The van der Waals surface area contributed by atoms with Gasteiger partial charge in [-0.25, -0.2) is 13.2 Å². The Balaban J connectivity index is 0.00000289. The van der Waals surface area contributed by atoms with Gasteiger partial charge in [0.2, 0.25) is 0 Å². The van der Waals surface area contributed by atoms with Gasteiger partial charge >= 0.3 is 21.1 Å². The molecule has 0 aliphatic carbocycles. The van der Waals surface area contributed by atoms with E-state index in [0.29, 0.717) is 11.4 Å². The number of hydrogen-bond donors (Lipinski definition) is 0. The molecule has 162 valence electrons. The molecule has 0 unspecified atom stereocenters. The predicted molar refractivity (Wildman–Crippen MR) is 106 cm³/mol. The largest absolute Gasteiger partial charge is 2.00 e. The Bertz CT molecular complexity index is 1330. The van der Waals surface area contributed by atoms with Gasteiger partial charge < -0.3 is 9.97 Å². The van der Waals surface area contributed by atoms with Gasteiger partial charge in [-0.05, 0) is 37.7 Å². The van der Waals surface area contributed by atoms with Gasteiger partial charge in [-0.2, -0.15) is 11.5 Å². The van der Waals surface area contributed by atoms with Gasteiger partial charge in [0.25, 0.3) is 0 Å². The minimum absolute atomic E-state index is 0. The van der Waals surface area contributed by atoms with Gasteiger partial charge in [-0.1, -0.05) is 35.5 Å². The SMILES string of the molecule is CC(C)(c1cccc(-c2[c-]cc(F)nc2F)n1)c1cccc(-c2[n-]cc(C#N)c2F)n1.[Pt+2]. The summed E-state index contributed by atoms with van der Waals surface area (Å²) < 4.78 is 41.6. The summed E-state index contributed by atoms with van der Waals surface area (Å²) in [5.74, 6) is -2.69. The van der Waals surface area contributed by atoms with Gasteiger partial charge in [0.05, 0.1) is 17.0 Å². The fourth-order valence-electron chi connectivity index (χ4n) is 3.15. The van der Waals surface area contributed by atoms with Crippen LogP contribution in [0, 0.1) is 35.1 Å². The van der Waals surface area contributed by atoms with E-state index >= 15 is 0 Å². The average molecular weight is 612 g/mol. The number of halogens is 3. The van der Waals surface area contributed by atoms with E-state index in [0.717, 1.165) is 12.3 Å². The quantitative estimate of drug-likeness (QED) is 0.249. The van der Waals surface area contributed by atoms with Crippen molar-refractivity contribution >= 4 is 0 Å². The third-order valence-corrected chi connectivity index (χ3v) is 4.91. The van der Waals surface area contributed by atoms with Crippen LogP contribution >= 0.6 is 0 Å². The van der Waals surface area contributed by atoms with Crippen LogP contribution in [0.5, 0.6) is 0 Å². The van der Waals surface area contributed by atoms with Crippen LogP contribution in [-0.4, -0.2) is 15.0 Å². The van der Waals surface area contributed by atoms with Crippen molar-refractivity contribution in [3.05, 3.63) is 89.4 Å². The molecule has 5 nitrogen and oxygen atoms in total. The summed E-state index contributed by atoms with van der Waals surface area (Å²) in [4.78, 5) is 16.2. The van der Waals surface area contributed by atoms with Crippen molar-refractivity contribution < 1.29 is 34.2 Å². The van der Waals surface area contributed by atoms with E-state index in [-0.39, 0.29) is 49.3 Å². The van der Waals surface area contributed by atoms with Crippen molar-refractivity contribution in [3.63, 3.8) is 0 Å². The molecule has 0 fully saturated rings. The molecule has 0 aliphatic heterocycles. The number of rotatable bonds is 4. The van der Waals surface area contributed by atoms with Crippen LogP contribution in [0.1, 0.15) is 30.8 Å². The molecule has 0 N–H and O–H groups in total. The second-order valence-corrected chi connectivity index (χ2v) is 7.28. The maximum absolute atomic E-state index is 14.4. The van der Waals surface area contributed by atoms with Crippen molar-refractivity contribution in [1.82, 2.24) is 19.9 Å². The topological polar surface area (TPSA) is 76.6 Å². The second-order valence-electron chi connectivity index (χ2n) is 7.28. The zero-order valence-electron chi connectivity index (χ0n) is 16.8. The molecule has 9 heteroatoms. The van der Waals surface area contributed by atoms with E-state index in [1.165, 1.54) is 0 Å². The summed E-state index contributed by atoms with van der Waals surface area (Å²) in [5, 5.41) is 8.95. The molecular formula is C23H14F3N5Pt. The van der Waals surface area contributed by atoms with Gasteiger partial charge in [0, 0.05) is 11.1 Å². The van der Waals surface area contributed by atoms with Crippen molar-refractivity contribution in [2.75, 3.05) is 0 Å². The van der Waals surface area contributed by atoms with Crippen LogP contribution in [0.4, 0.5) is 13.2 Å². The van der Waals surface area contributed by atoms with E-state index < -0.39 is 23.1 Å². The minimum Gasteiger partial charge on any atom is -0.659 e. The van der Waals surface area contributed by atoms with Crippen LogP contribution < -0.4 is 4.98 Å². The summed E-state index contributed by atoms with van der Waals surface area (Å²) >= 11 is 0. The van der Waals surface area contributed by atoms with Crippen LogP contribution in [0.3, 0.4) is 0 Å². The molecular weight excluding hydrogens is 598 g/mol. The Hall–Kier alpha value is -3.30. The van der Waals surface area contributed by atoms with Crippen LogP contribution in [0.25, 0.3) is 22.6 Å². The molecule has 0 aromatic carbocycles. The van der Waals surface area contributed by atoms with E-state index in [1.54, 1.807) is 42.5 Å². The molecule has 0 aliphatic rings. The number of pyridine rings is 3. The molecule has 4 aromatic rings. The van der Waals surface area contributed by atoms with Gasteiger partial charge in [0.15, 0.2) is 0 Å². The summed E-state index contributed by atoms with van der Waals surface area (Å²) in [5.41, 5.74) is 0.686. The first-order chi connectivity index (χ1) is 14.8. The maximum Gasteiger partial charge on any atom is 2.00 e. The van der Waals surface area contributed by atoms with E-state index in [2.05, 4.69) is 26.0 Å². The monoisotopic (exact) mass is 612 g/mol. The fourth-order valence-corrected chi connectivity index (χ4v) is 3.15. The smallest absolute Gasteiger partial charge is 0.659 e. The standard InChI is InChI=1S/C23H14F3N5.Pt/c1-23(2,17-7-3-5-15(29-17)14-9-10-19(24)31-22(14)26)18-8-4-6-16(30-18)21-20(25)13(11-27)12-28-21;/h3-8,10,12H,1-2H3;/q-2;+2. The van der Waals surface area contributed by atoms with Gasteiger partial charge in [0.1, 0.15) is 23.8 Å². The molecule has 4 aromatic heterocycles. The first-order valence-electron chi connectivity index (χ1n) is 9.22. The zero-order valence-corrected chi connectivity index (χ0v) is 19.1. The summed E-state index contributed by atoms with van der Waals surface area (Å²) in [7, 11) is 0. The Kier molecular flexibility index (Phi) is 6.61. The third kappa shape index (κ3) is 4.21. The maximum atomic E-state index is 14.4. The Labute approximate surface area is 196 Å². The molecule has 0 amide bonds. The third-order valence-electron chi connectivity index (χ3n) is 4.91. The Morgan fingerprint density at radius 2 is 1.59 bits per heavy atom. The molecule has 32 heavy (non-hydrogen) atoms. The Morgan fingerprint density at radius 3 is 2.19 bits per heavy atom. The van der Waals surface area contributed by atoms with Crippen molar-refractivity contribution in [2.45, 2.75) is 19.3 Å². The van der Waals surface area contributed by atoms with E-state index in [9.17, 15) is 13.2 Å². The average Bonchev–Trinajstić information content (AvgIpc) is 3.14. The normalized spacial score (nSPS) is 11.0. The minimum atomic E-state index is -1.01. The van der Waals surface area contributed by atoms with E-state index in [1.807, 2.05) is 13.8 Å².